The molecule has 0 bridgehead atoms. The van der Waals surface area contributed by atoms with Crippen molar-refractivity contribution in [3.63, 3.8) is 0 Å². The van der Waals surface area contributed by atoms with E-state index < -0.39 is 17.6 Å². The fourth-order valence-electron chi connectivity index (χ4n) is 2.59. The third kappa shape index (κ3) is 4.44. The van der Waals surface area contributed by atoms with Crippen LogP contribution in [0.15, 0.2) is 72.9 Å². The number of pyridine rings is 1. The zero-order chi connectivity index (χ0) is 19.4. The Morgan fingerprint density at radius 2 is 1.67 bits per heavy atom. The van der Waals surface area contributed by atoms with E-state index in [9.17, 15) is 23.2 Å². The minimum Gasteiger partial charge on any atom is -0.618 e. The Hall–Kier alpha value is -3.35. The highest BCUT2D eigenvalue weighted by Crippen LogP contribution is 2.32. The molecule has 0 atom stereocenters. The molecule has 27 heavy (non-hydrogen) atoms. The number of carbonyl (C=O) groups excluding carboxylic acids is 1. The van der Waals surface area contributed by atoms with Crippen LogP contribution in [-0.4, -0.2) is 5.91 Å². The quantitative estimate of drug-likeness (QED) is 0.557. The van der Waals surface area contributed by atoms with E-state index in [2.05, 4.69) is 5.32 Å². The van der Waals surface area contributed by atoms with Crippen molar-refractivity contribution in [2.75, 3.05) is 0 Å². The van der Waals surface area contributed by atoms with Crippen LogP contribution in [0.2, 0.25) is 0 Å². The van der Waals surface area contributed by atoms with E-state index in [1.807, 2.05) is 0 Å². The van der Waals surface area contributed by atoms with E-state index in [0.29, 0.717) is 27.1 Å². The number of carbonyl (C=O) groups is 1. The molecule has 138 valence electrons. The first-order valence-electron chi connectivity index (χ1n) is 8.07. The molecular formula is C20H15F3N2O2. The van der Waals surface area contributed by atoms with E-state index in [4.69, 9.17) is 0 Å². The second kappa shape index (κ2) is 7.49. The summed E-state index contributed by atoms with van der Waals surface area (Å²) in [6.45, 7) is 0.0387. The van der Waals surface area contributed by atoms with Crippen LogP contribution in [0.1, 0.15) is 21.6 Å². The highest BCUT2D eigenvalue weighted by atomic mass is 19.4. The van der Waals surface area contributed by atoms with Crippen molar-refractivity contribution >= 4 is 5.91 Å². The fourth-order valence-corrected chi connectivity index (χ4v) is 2.59. The van der Waals surface area contributed by atoms with Crippen LogP contribution in [0.4, 0.5) is 13.2 Å². The highest BCUT2D eigenvalue weighted by Gasteiger charge is 2.30. The van der Waals surface area contributed by atoms with E-state index in [-0.39, 0.29) is 6.54 Å². The van der Waals surface area contributed by atoms with Crippen molar-refractivity contribution in [1.82, 2.24) is 5.32 Å². The van der Waals surface area contributed by atoms with Crippen LogP contribution in [0.25, 0.3) is 11.1 Å². The summed E-state index contributed by atoms with van der Waals surface area (Å²) in [5, 5.41) is 14.2. The van der Waals surface area contributed by atoms with E-state index in [1.165, 1.54) is 18.3 Å². The summed E-state index contributed by atoms with van der Waals surface area (Å²) in [5.74, 6) is -0.423. The van der Waals surface area contributed by atoms with Crippen molar-refractivity contribution in [3.05, 3.63) is 95.0 Å². The van der Waals surface area contributed by atoms with Crippen LogP contribution in [0.5, 0.6) is 0 Å². The number of halogens is 3. The van der Waals surface area contributed by atoms with Gasteiger partial charge in [0, 0.05) is 17.7 Å². The Kier molecular flexibility index (Phi) is 5.12. The lowest BCUT2D eigenvalue weighted by atomic mass is 10.0. The van der Waals surface area contributed by atoms with Crippen molar-refractivity contribution in [1.29, 1.82) is 0 Å². The average molecular weight is 372 g/mol. The first-order chi connectivity index (χ1) is 12.8. The Morgan fingerprint density at radius 1 is 0.963 bits per heavy atom. The van der Waals surface area contributed by atoms with Crippen molar-refractivity contribution < 1.29 is 22.7 Å². The maximum atomic E-state index is 12.9. The van der Waals surface area contributed by atoms with Crippen molar-refractivity contribution in [2.45, 2.75) is 12.7 Å². The van der Waals surface area contributed by atoms with Crippen LogP contribution >= 0.6 is 0 Å². The molecule has 0 saturated heterocycles. The summed E-state index contributed by atoms with van der Waals surface area (Å²) in [6.07, 6.45) is -3.11. The molecule has 0 spiro atoms. The molecule has 4 nitrogen and oxygen atoms in total. The molecule has 0 saturated carbocycles. The Morgan fingerprint density at radius 3 is 2.37 bits per heavy atom. The number of amides is 1. The normalized spacial score (nSPS) is 11.2. The van der Waals surface area contributed by atoms with Gasteiger partial charge in [-0.3, -0.25) is 4.79 Å². The molecule has 7 heteroatoms. The maximum absolute atomic E-state index is 12.9. The topological polar surface area (TPSA) is 56.0 Å². The SMILES string of the molecule is O=C(NCc1cccc[n+]1[O-])c1cccc(-c2cccc(C(F)(F)F)c2)c1. The number of aromatic nitrogens is 1. The largest absolute Gasteiger partial charge is 0.618 e. The first-order valence-corrected chi connectivity index (χ1v) is 8.07. The average Bonchev–Trinajstić information content (AvgIpc) is 2.67. The predicted octanol–water partition coefficient (Wildman–Crippen LogP) is 3.94. The third-order valence-electron chi connectivity index (χ3n) is 3.98. The van der Waals surface area contributed by atoms with Gasteiger partial charge in [-0.15, -0.1) is 0 Å². The molecule has 1 aromatic heterocycles. The summed E-state index contributed by atoms with van der Waals surface area (Å²) in [6, 6.07) is 16.1. The zero-order valence-electron chi connectivity index (χ0n) is 14.0. The molecule has 0 radical (unpaired) electrons. The van der Waals surface area contributed by atoms with Gasteiger partial charge in [0.15, 0.2) is 6.20 Å². The standard InChI is InChI=1S/C20H15F3N2O2/c21-20(22,23)17-8-4-6-15(12-17)14-5-3-7-16(11-14)19(26)24-13-18-9-1-2-10-25(18)27/h1-12H,13H2,(H,24,26). The van der Waals surface area contributed by atoms with Gasteiger partial charge in [-0.2, -0.15) is 17.9 Å². The number of rotatable bonds is 4. The summed E-state index contributed by atoms with van der Waals surface area (Å²) in [5.41, 5.74) is 0.768. The van der Waals surface area contributed by atoms with Crippen LogP contribution in [0.3, 0.4) is 0 Å². The molecule has 0 fully saturated rings. The Labute approximate surface area is 153 Å². The molecule has 0 aliphatic heterocycles. The summed E-state index contributed by atoms with van der Waals surface area (Å²) in [4.78, 5) is 12.3. The fraction of sp³-hybridized carbons (Fsp3) is 0.100. The lowest BCUT2D eigenvalue weighted by Crippen LogP contribution is -2.35. The predicted molar refractivity (Wildman–Crippen MR) is 93.5 cm³/mol. The molecule has 0 aliphatic carbocycles. The third-order valence-corrected chi connectivity index (χ3v) is 3.98. The van der Waals surface area contributed by atoms with Gasteiger partial charge in [-0.25, -0.2) is 0 Å². The van der Waals surface area contributed by atoms with Gasteiger partial charge in [0.25, 0.3) is 5.91 Å². The lowest BCUT2D eigenvalue weighted by molar-refractivity contribution is -0.614. The van der Waals surface area contributed by atoms with Gasteiger partial charge in [0.1, 0.15) is 6.54 Å². The molecule has 2 aromatic carbocycles. The molecule has 1 N–H and O–H groups in total. The number of benzene rings is 2. The number of hydrogen-bond donors (Lipinski definition) is 1. The van der Waals surface area contributed by atoms with Crippen LogP contribution in [0, 0.1) is 5.21 Å². The summed E-state index contributed by atoms with van der Waals surface area (Å²) < 4.78 is 39.3. The van der Waals surface area contributed by atoms with Crippen LogP contribution in [-0.2, 0) is 12.7 Å². The van der Waals surface area contributed by atoms with Crippen molar-refractivity contribution in [3.8, 4) is 11.1 Å². The number of alkyl halides is 3. The van der Waals surface area contributed by atoms with Gasteiger partial charge >= 0.3 is 6.18 Å². The zero-order valence-corrected chi connectivity index (χ0v) is 14.0. The second-order valence-corrected chi connectivity index (χ2v) is 5.86. The molecule has 0 unspecified atom stereocenters. The molecule has 1 amide bonds. The molecule has 1 heterocycles. The van der Waals surface area contributed by atoms with E-state index >= 15 is 0 Å². The van der Waals surface area contributed by atoms with Gasteiger partial charge in [0.05, 0.1) is 5.56 Å². The molecule has 3 aromatic rings. The number of nitrogens with zero attached hydrogens (tertiary/aromatic N) is 1. The Bertz CT molecular complexity index is 971. The van der Waals surface area contributed by atoms with Gasteiger partial charge in [-0.05, 0) is 41.5 Å². The maximum Gasteiger partial charge on any atom is 0.416 e. The smallest absolute Gasteiger partial charge is 0.416 e. The minimum atomic E-state index is -4.44. The lowest BCUT2D eigenvalue weighted by Gasteiger charge is -2.10. The first kappa shape index (κ1) is 18.4. The van der Waals surface area contributed by atoms with Gasteiger partial charge < -0.3 is 10.5 Å². The van der Waals surface area contributed by atoms with E-state index in [0.717, 1.165) is 12.1 Å². The number of nitrogens with one attached hydrogen (secondary N) is 1. The van der Waals surface area contributed by atoms with Crippen molar-refractivity contribution in [2.24, 2.45) is 0 Å². The highest BCUT2D eigenvalue weighted by molar-refractivity contribution is 5.95. The number of hydrogen-bond acceptors (Lipinski definition) is 2. The van der Waals surface area contributed by atoms with Gasteiger partial charge in [-0.1, -0.05) is 24.3 Å². The van der Waals surface area contributed by atoms with E-state index in [1.54, 1.807) is 42.5 Å². The monoisotopic (exact) mass is 372 g/mol. The summed E-state index contributed by atoms with van der Waals surface area (Å²) in [7, 11) is 0. The van der Waals surface area contributed by atoms with Gasteiger partial charge in [0.2, 0.25) is 5.69 Å². The minimum absolute atomic E-state index is 0.0387. The Balaban J connectivity index is 1.79. The molecule has 0 aliphatic rings. The second-order valence-electron chi connectivity index (χ2n) is 5.86. The summed E-state index contributed by atoms with van der Waals surface area (Å²) >= 11 is 0. The molecule has 3 rings (SSSR count). The van der Waals surface area contributed by atoms with Crippen LogP contribution < -0.4 is 10.0 Å². The molecular weight excluding hydrogens is 357 g/mol.